The largest absolute Gasteiger partial charge is 0.464 e. The van der Waals surface area contributed by atoms with E-state index in [0.717, 1.165) is 25.5 Å². The molecule has 1 aliphatic rings. The fourth-order valence-corrected chi connectivity index (χ4v) is 1.85. The first-order valence-corrected chi connectivity index (χ1v) is 5.59. The number of methoxy groups -OCH3 is 1. The molecule has 0 bridgehead atoms. The first-order chi connectivity index (χ1) is 8.20. The van der Waals surface area contributed by atoms with Gasteiger partial charge in [0.2, 0.25) is 0 Å². The van der Waals surface area contributed by atoms with E-state index in [2.05, 4.69) is 31.8 Å². The van der Waals surface area contributed by atoms with Gasteiger partial charge < -0.3 is 15.0 Å². The third-order valence-corrected chi connectivity index (χ3v) is 2.71. The van der Waals surface area contributed by atoms with Gasteiger partial charge in [0.25, 0.3) is 0 Å². The first-order valence-electron chi connectivity index (χ1n) is 5.59. The number of esters is 1. The van der Waals surface area contributed by atoms with Crippen LogP contribution in [0.5, 0.6) is 0 Å². The molecule has 1 atom stereocenters. The van der Waals surface area contributed by atoms with E-state index in [1.54, 1.807) is 6.20 Å². The Morgan fingerprint density at radius 1 is 1.59 bits per heavy atom. The Hall–Kier alpha value is -1.69. The highest BCUT2D eigenvalue weighted by molar-refractivity contribution is 5.87. The lowest BCUT2D eigenvalue weighted by Gasteiger charge is -2.32. The van der Waals surface area contributed by atoms with Crippen molar-refractivity contribution < 1.29 is 9.53 Å². The zero-order valence-electron chi connectivity index (χ0n) is 10.0. The average Bonchev–Trinajstić information content (AvgIpc) is 2.38. The number of piperazine rings is 1. The summed E-state index contributed by atoms with van der Waals surface area (Å²) in [5.41, 5.74) is 0.246. The van der Waals surface area contributed by atoms with Gasteiger partial charge in [0, 0.05) is 25.7 Å². The number of hydrogen-bond acceptors (Lipinski definition) is 6. The minimum atomic E-state index is -0.456. The van der Waals surface area contributed by atoms with Gasteiger partial charge in [0.15, 0.2) is 5.69 Å². The number of carbonyl (C=O) groups excluding carboxylic acids is 1. The van der Waals surface area contributed by atoms with E-state index in [-0.39, 0.29) is 5.69 Å². The fourth-order valence-electron chi connectivity index (χ4n) is 1.85. The van der Waals surface area contributed by atoms with Crippen LogP contribution in [0.2, 0.25) is 0 Å². The molecule has 6 nitrogen and oxygen atoms in total. The SMILES string of the molecule is COC(=O)c1cncc(N2CCN[C@@H](C)C2)n1. The molecule has 2 heterocycles. The van der Waals surface area contributed by atoms with Crippen LogP contribution < -0.4 is 10.2 Å². The van der Waals surface area contributed by atoms with Gasteiger partial charge in [0.05, 0.1) is 19.5 Å². The molecule has 0 amide bonds. The molecule has 1 aromatic heterocycles. The van der Waals surface area contributed by atoms with E-state index in [4.69, 9.17) is 0 Å². The predicted octanol–water partition coefficient (Wildman–Crippen LogP) is 0.0613. The minimum Gasteiger partial charge on any atom is -0.464 e. The summed E-state index contributed by atoms with van der Waals surface area (Å²) in [5, 5.41) is 3.35. The number of rotatable bonds is 2. The average molecular weight is 236 g/mol. The Morgan fingerprint density at radius 3 is 3.12 bits per heavy atom. The maximum atomic E-state index is 11.4. The summed E-state index contributed by atoms with van der Waals surface area (Å²) in [5.74, 6) is 0.267. The Labute approximate surface area is 100 Å². The summed E-state index contributed by atoms with van der Waals surface area (Å²) in [6.45, 7) is 4.75. The third kappa shape index (κ3) is 2.71. The second-order valence-corrected chi connectivity index (χ2v) is 4.06. The van der Waals surface area contributed by atoms with Gasteiger partial charge in [-0.2, -0.15) is 0 Å². The van der Waals surface area contributed by atoms with Gasteiger partial charge in [-0.25, -0.2) is 9.78 Å². The Bertz CT molecular complexity index is 410. The van der Waals surface area contributed by atoms with Gasteiger partial charge in [-0.3, -0.25) is 4.98 Å². The van der Waals surface area contributed by atoms with Crippen LogP contribution in [0.25, 0.3) is 0 Å². The highest BCUT2D eigenvalue weighted by atomic mass is 16.5. The normalized spacial score (nSPS) is 20.1. The lowest BCUT2D eigenvalue weighted by Crippen LogP contribution is -2.49. The van der Waals surface area contributed by atoms with E-state index < -0.39 is 5.97 Å². The molecule has 0 spiro atoms. The number of nitrogens with one attached hydrogen (secondary N) is 1. The molecule has 0 aromatic carbocycles. The fraction of sp³-hybridized carbons (Fsp3) is 0.545. The lowest BCUT2D eigenvalue weighted by molar-refractivity contribution is 0.0593. The molecule has 1 saturated heterocycles. The van der Waals surface area contributed by atoms with Gasteiger partial charge >= 0.3 is 5.97 Å². The topological polar surface area (TPSA) is 67.3 Å². The Balaban J connectivity index is 2.17. The molecule has 92 valence electrons. The van der Waals surface area contributed by atoms with Crippen LogP contribution in [-0.2, 0) is 4.74 Å². The molecular formula is C11H16N4O2. The van der Waals surface area contributed by atoms with Crippen molar-refractivity contribution in [2.45, 2.75) is 13.0 Å². The third-order valence-electron chi connectivity index (χ3n) is 2.71. The van der Waals surface area contributed by atoms with Crippen molar-refractivity contribution >= 4 is 11.8 Å². The number of ether oxygens (including phenoxy) is 1. The number of anilines is 1. The van der Waals surface area contributed by atoms with Crippen LogP contribution in [0.1, 0.15) is 17.4 Å². The summed E-state index contributed by atoms with van der Waals surface area (Å²) < 4.78 is 4.63. The molecule has 1 aromatic rings. The summed E-state index contributed by atoms with van der Waals surface area (Å²) in [6, 6.07) is 0.410. The maximum Gasteiger partial charge on any atom is 0.358 e. The van der Waals surface area contributed by atoms with E-state index in [9.17, 15) is 4.79 Å². The van der Waals surface area contributed by atoms with E-state index in [0.29, 0.717) is 6.04 Å². The quantitative estimate of drug-likeness (QED) is 0.732. The second-order valence-electron chi connectivity index (χ2n) is 4.06. The molecule has 0 aliphatic carbocycles. The summed E-state index contributed by atoms with van der Waals surface area (Å²) in [7, 11) is 1.34. The number of hydrogen-bond donors (Lipinski definition) is 1. The first kappa shape index (κ1) is 11.8. The standard InChI is InChI=1S/C11H16N4O2/c1-8-7-15(4-3-13-8)10-6-12-5-9(14-10)11(16)17-2/h5-6,8,13H,3-4,7H2,1-2H3/t8-/m0/s1. The molecular weight excluding hydrogens is 220 g/mol. The van der Waals surface area contributed by atoms with Crippen LogP contribution in [0, 0.1) is 0 Å². The van der Waals surface area contributed by atoms with Gasteiger partial charge in [-0.15, -0.1) is 0 Å². The minimum absolute atomic E-state index is 0.246. The zero-order chi connectivity index (χ0) is 12.3. The van der Waals surface area contributed by atoms with E-state index in [1.807, 2.05) is 0 Å². The van der Waals surface area contributed by atoms with Gasteiger partial charge in [-0.05, 0) is 6.92 Å². The molecule has 0 unspecified atom stereocenters. The van der Waals surface area contributed by atoms with Crippen molar-refractivity contribution in [3.63, 3.8) is 0 Å². The van der Waals surface area contributed by atoms with Crippen LogP contribution in [0.4, 0.5) is 5.82 Å². The monoisotopic (exact) mass is 236 g/mol. The van der Waals surface area contributed by atoms with Crippen molar-refractivity contribution in [3.05, 3.63) is 18.1 Å². The predicted molar refractivity (Wildman–Crippen MR) is 63.0 cm³/mol. The number of nitrogens with zero attached hydrogens (tertiary/aromatic N) is 3. The maximum absolute atomic E-state index is 11.4. The highest BCUT2D eigenvalue weighted by Gasteiger charge is 2.18. The molecule has 6 heteroatoms. The van der Waals surface area contributed by atoms with E-state index >= 15 is 0 Å². The van der Waals surface area contributed by atoms with Gasteiger partial charge in [-0.1, -0.05) is 0 Å². The second kappa shape index (κ2) is 5.09. The Kier molecular flexibility index (Phi) is 3.53. The number of aromatic nitrogens is 2. The van der Waals surface area contributed by atoms with Crippen LogP contribution in [0.15, 0.2) is 12.4 Å². The van der Waals surface area contributed by atoms with E-state index in [1.165, 1.54) is 13.3 Å². The molecule has 1 aliphatic heterocycles. The van der Waals surface area contributed by atoms with Crippen molar-refractivity contribution in [1.82, 2.24) is 15.3 Å². The molecule has 1 fully saturated rings. The highest BCUT2D eigenvalue weighted by Crippen LogP contribution is 2.12. The van der Waals surface area contributed by atoms with Crippen LogP contribution in [-0.4, -0.2) is 48.7 Å². The summed E-state index contributed by atoms with van der Waals surface area (Å²) in [6.07, 6.45) is 3.09. The molecule has 0 saturated carbocycles. The smallest absolute Gasteiger partial charge is 0.358 e. The van der Waals surface area contributed by atoms with Crippen LogP contribution >= 0.6 is 0 Å². The molecule has 17 heavy (non-hydrogen) atoms. The summed E-state index contributed by atoms with van der Waals surface area (Å²) >= 11 is 0. The molecule has 1 N–H and O–H groups in total. The van der Waals surface area contributed by atoms with Crippen molar-refractivity contribution in [2.75, 3.05) is 31.6 Å². The van der Waals surface area contributed by atoms with Crippen molar-refractivity contribution in [1.29, 1.82) is 0 Å². The summed E-state index contributed by atoms with van der Waals surface area (Å²) in [4.78, 5) is 21.8. The number of carbonyl (C=O) groups is 1. The van der Waals surface area contributed by atoms with Crippen molar-refractivity contribution in [3.8, 4) is 0 Å². The van der Waals surface area contributed by atoms with Crippen molar-refractivity contribution in [2.24, 2.45) is 0 Å². The zero-order valence-corrected chi connectivity index (χ0v) is 10.0. The molecule has 2 rings (SSSR count). The lowest BCUT2D eigenvalue weighted by atomic mass is 10.2. The Morgan fingerprint density at radius 2 is 2.41 bits per heavy atom. The van der Waals surface area contributed by atoms with Crippen LogP contribution in [0.3, 0.4) is 0 Å². The van der Waals surface area contributed by atoms with Gasteiger partial charge in [0.1, 0.15) is 5.82 Å². The molecule has 0 radical (unpaired) electrons.